The lowest BCUT2D eigenvalue weighted by atomic mass is 10.0. The zero-order chi connectivity index (χ0) is 28.5. The monoisotopic (exact) mass is 576 g/mol. The average molecular weight is 577 g/mol. The van der Waals surface area contributed by atoms with Crippen molar-refractivity contribution in [2.45, 2.75) is 37.3 Å². The lowest BCUT2D eigenvalue weighted by Gasteiger charge is -2.31. The number of hydrogen-bond acceptors (Lipinski definition) is 6. The summed E-state index contributed by atoms with van der Waals surface area (Å²) in [7, 11) is -3.51. The molecule has 2 atom stereocenters. The summed E-state index contributed by atoms with van der Waals surface area (Å²) in [4.78, 5) is 19.5. The number of pyridine rings is 1. The average Bonchev–Trinajstić information content (AvgIpc) is 3.24. The zero-order valence-electron chi connectivity index (χ0n) is 21.4. The lowest BCUT2D eigenvalue weighted by Crippen LogP contribution is -2.42. The smallest absolute Gasteiger partial charge is 0.241 e. The second kappa shape index (κ2) is 11.1. The van der Waals surface area contributed by atoms with Crippen molar-refractivity contribution in [3.05, 3.63) is 100 Å². The maximum absolute atomic E-state index is 15.4. The fraction of sp³-hybridized carbons (Fsp3) is 0.286. The van der Waals surface area contributed by atoms with Gasteiger partial charge in [-0.25, -0.2) is 21.6 Å². The Morgan fingerprint density at radius 1 is 1.08 bits per heavy atom. The summed E-state index contributed by atoms with van der Waals surface area (Å²) in [5, 5.41) is 10.4. The first kappa shape index (κ1) is 28.8. The number of amides is 1. The Bertz CT molecular complexity index is 1540. The van der Waals surface area contributed by atoms with Gasteiger partial charge in [0.05, 0.1) is 17.5 Å². The number of halogens is 3. The fourth-order valence-electron chi connectivity index (χ4n) is 4.32. The first-order chi connectivity index (χ1) is 18.3. The predicted octanol–water partition coefficient (Wildman–Crippen LogP) is 5.14. The number of thioether (sulfide) groups is 1. The van der Waals surface area contributed by atoms with Gasteiger partial charge in [0.25, 0.3) is 0 Å². The van der Waals surface area contributed by atoms with E-state index in [4.69, 9.17) is 0 Å². The minimum atomic E-state index is -3.51. The van der Waals surface area contributed by atoms with Gasteiger partial charge in [0.2, 0.25) is 5.91 Å². The van der Waals surface area contributed by atoms with E-state index in [1.54, 1.807) is 32.2 Å². The Kier molecular flexibility index (Phi) is 8.25. The van der Waals surface area contributed by atoms with E-state index >= 15 is 4.39 Å². The number of hydrogen-bond donors (Lipinski definition) is 1. The van der Waals surface area contributed by atoms with Crippen LogP contribution in [0.5, 0.6) is 0 Å². The molecule has 0 fully saturated rings. The molecule has 0 spiro atoms. The minimum Gasteiger partial charge on any atom is -0.384 e. The van der Waals surface area contributed by atoms with Gasteiger partial charge in [-0.1, -0.05) is 18.2 Å². The Morgan fingerprint density at radius 2 is 1.74 bits per heavy atom. The largest absolute Gasteiger partial charge is 0.384 e. The molecule has 1 aromatic heterocycles. The van der Waals surface area contributed by atoms with E-state index in [2.05, 4.69) is 4.98 Å². The molecule has 0 bridgehead atoms. The summed E-state index contributed by atoms with van der Waals surface area (Å²) in [6.45, 7) is 3.15. The summed E-state index contributed by atoms with van der Waals surface area (Å²) >= 11 is 1.09. The van der Waals surface area contributed by atoms with Crippen molar-refractivity contribution in [2.75, 3.05) is 12.0 Å². The van der Waals surface area contributed by atoms with Crippen molar-refractivity contribution in [3.8, 4) is 11.1 Å². The molecule has 1 amide bonds. The van der Waals surface area contributed by atoms with Gasteiger partial charge >= 0.3 is 0 Å². The Balaban J connectivity index is 1.68. The van der Waals surface area contributed by atoms with Gasteiger partial charge in [0, 0.05) is 23.7 Å². The molecule has 0 aliphatic carbocycles. The van der Waals surface area contributed by atoms with Crippen molar-refractivity contribution >= 4 is 27.5 Å². The van der Waals surface area contributed by atoms with Gasteiger partial charge in [-0.3, -0.25) is 9.78 Å². The maximum atomic E-state index is 15.4. The molecular formula is C28H27F3N2O4S2. The van der Waals surface area contributed by atoms with Crippen LogP contribution in [-0.4, -0.2) is 47.4 Å². The summed E-state index contributed by atoms with van der Waals surface area (Å²) in [5.41, 5.74) is 0.404. The van der Waals surface area contributed by atoms with Crippen molar-refractivity contribution in [3.63, 3.8) is 0 Å². The van der Waals surface area contributed by atoms with Gasteiger partial charge in [-0.2, -0.15) is 0 Å². The second-order valence-electron chi connectivity index (χ2n) is 9.78. The topological polar surface area (TPSA) is 87.6 Å². The number of benzene rings is 2. The minimum absolute atomic E-state index is 0.000574. The van der Waals surface area contributed by atoms with Crippen molar-refractivity contribution in [1.82, 2.24) is 9.88 Å². The molecule has 1 N–H and O–H groups in total. The lowest BCUT2D eigenvalue weighted by molar-refractivity contribution is -0.132. The van der Waals surface area contributed by atoms with Crippen LogP contribution in [0.1, 0.15) is 35.9 Å². The highest BCUT2D eigenvalue weighted by atomic mass is 32.2. The van der Waals surface area contributed by atoms with Crippen LogP contribution in [0.15, 0.2) is 66.2 Å². The maximum Gasteiger partial charge on any atom is 0.241 e. The zero-order valence-corrected chi connectivity index (χ0v) is 23.1. The summed E-state index contributed by atoms with van der Waals surface area (Å²) in [6, 6.07) is 9.86. The first-order valence-electron chi connectivity index (χ1n) is 12.0. The third-order valence-corrected chi connectivity index (χ3v) is 8.70. The molecule has 2 unspecified atom stereocenters. The number of carbonyl (C=O) groups is 1. The first-order valence-corrected chi connectivity index (χ1v) is 15.0. The number of rotatable bonds is 8. The van der Waals surface area contributed by atoms with Crippen LogP contribution >= 0.6 is 11.8 Å². The van der Waals surface area contributed by atoms with Crippen molar-refractivity contribution < 1.29 is 31.5 Å². The number of aliphatic hydroxyl groups is 1. The molecule has 1 aliphatic rings. The molecule has 2 heterocycles. The third-order valence-electron chi connectivity index (χ3n) is 6.39. The summed E-state index contributed by atoms with van der Waals surface area (Å²) in [5.74, 6) is -3.60. The highest BCUT2D eigenvalue weighted by Gasteiger charge is 2.35. The van der Waals surface area contributed by atoms with E-state index in [1.165, 1.54) is 35.4 Å². The van der Waals surface area contributed by atoms with Crippen LogP contribution in [0.3, 0.4) is 0 Å². The van der Waals surface area contributed by atoms with Crippen LogP contribution in [0.25, 0.3) is 11.1 Å². The molecule has 39 heavy (non-hydrogen) atoms. The van der Waals surface area contributed by atoms with Crippen molar-refractivity contribution in [2.24, 2.45) is 0 Å². The molecule has 0 radical (unpaired) electrons. The molecular weight excluding hydrogens is 549 g/mol. The number of carbonyl (C=O) groups excluding carboxylic acids is 1. The van der Waals surface area contributed by atoms with Gasteiger partial charge in [-0.05, 0) is 73.2 Å². The predicted molar refractivity (Wildman–Crippen MR) is 145 cm³/mol. The van der Waals surface area contributed by atoms with Gasteiger partial charge in [-0.15, -0.1) is 11.8 Å². The standard InChI is InChI=1S/C28H27F3N2O4S2/c1-28(2,35)25-12-17(8-10-32-25)15-33(20-9-11-39(36,37)16-20)27(34)26(38-3)21-6-4-18(13-23(21)30)19-5-7-22(29)24(31)14-19/h4-14,20,26,35H,15-16H2,1-3H3. The Labute approximate surface area is 229 Å². The number of aromatic nitrogens is 1. The molecule has 3 aromatic rings. The van der Waals surface area contributed by atoms with Crippen LogP contribution < -0.4 is 0 Å². The van der Waals surface area contributed by atoms with Crippen LogP contribution in [0.2, 0.25) is 0 Å². The van der Waals surface area contributed by atoms with Gasteiger partial charge in [0.1, 0.15) is 16.7 Å². The molecule has 0 saturated carbocycles. The van der Waals surface area contributed by atoms with Gasteiger partial charge < -0.3 is 10.0 Å². The van der Waals surface area contributed by atoms with Gasteiger partial charge in [0.15, 0.2) is 21.5 Å². The fourth-order valence-corrected chi connectivity index (χ4v) is 6.40. The van der Waals surface area contributed by atoms with Crippen LogP contribution in [-0.2, 0) is 26.8 Å². The highest BCUT2D eigenvalue weighted by Crippen LogP contribution is 2.35. The van der Waals surface area contributed by atoms with Crippen molar-refractivity contribution in [1.29, 1.82) is 0 Å². The quantitative estimate of drug-likeness (QED) is 0.400. The molecule has 206 valence electrons. The highest BCUT2D eigenvalue weighted by molar-refractivity contribution is 7.99. The number of sulfone groups is 1. The normalized spacial score (nSPS) is 17.3. The molecule has 4 rings (SSSR count). The van der Waals surface area contributed by atoms with E-state index < -0.39 is 50.1 Å². The van der Waals surface area contributed by atoms with Crippen LogP contribution in [0.4, 0.5) is 13.2 Å². The Morgan fingerprint density at radius 3 is 2.31 bits per heavy atom. The number of nitrogens with zero attached hydrogens (tertiary/aromatic N) is 2. The SMILES string of the molecule is CSC(C(=O)N(Cc1ccnc(C(C)(C)O)c1)C1C=CS(=O)(=O)C1)c1ccc(-c2ccc(F)c(F)c2)cc1F. The molecule has 6 nitrogen and oxygen atoms in total. The van der Waals surface area contributed by atoms with E-state index in [1.807, 2.05) is 0 Å². The van der Waals surface area contributed by atoms with E-state index in [0.717, 1.165) is 35.4 Å². The molecule has 0 saturated heterocycles. The molecule has 1 aliphatic heterocycles. The van der Waals surface area contributed by atoms with Crippen LogP contribution in [0, 0.1) is 17.5 Å². The van der Waals surface area contributed by atoms with E-state index in [9.17, 15) is 27.1 Å². The second-order valence-corrected chi connectivity index (χ2v) is 12.7. The van der Waals surface area contributed by atoms with E-state index in [-0.39, 0.29) is 23.4 Å². The molecule has 2 aromatic carbocycles. The summed E-state index contributed by atoms with van der Waals surface area (Å²) in [6.07, 6.45) is 4.57. The van der Waals surface area contributed by atoms with E-state index in [0.29, 0.717) is 16.8 Å². The Hall–Kier alpha value is -3.15. The summed E-state index contributed by atoms with van der Waals surface area (Å²) < 4.78 is 66.8. The molecule has 11 heteroatoms. The third kappa shape index (κ3) is 6.54.